The van der Waals surface area contributed by atoms with Crippen molar-refractivity contribution in [1.82, 2.24) is 29.7 Å². The van der Waals surface area contributed by atoms with E-state index in [1.54, 1.807) is 18.6 Å². The van der Waals surface area contributed by atoms with E-state index >= 15 is 0 Å². The number of carbonyl (C=O) groups excluding carboxylic acids is 1. The Morgan fingerprint density at radius 3 is 2.48 bits per heavy atom. The molecule has 0 radical (unpaired) electrons. The molecule has 2 aliphatic rings. The van der Waals surface area contributed by atoms with Crippen molar-refractivity contribution in [3.8, 4) is 11.1 Å². The maximum Gasteiger partial charge on any atom is 0.255 e. The number of likely N-dealkylation sites (tertiary alicyclic amines) is 1. The number of nitrogens with zero attached hydrogens (tertiary/aromatic N) is 7. The van der Waals surface area contributed by atoms with Gasteiger partial charge in [-0.25, -0.2) is 9.97 Å². The lowest BCUT2D eigenvalue weighted by molar-refractivity contribution is 0.0705. The summed E-state index contributed by atoms with van der Waals surface area (Å²) in [5.74, 6) is 0.953. The first kappa shape index (κ1) is 21.5. The van der Waals surface area contributed by atoms with Gasteiger partial charge in [0.2, 0.25) is 5.95 Å². The zero-order valence-corrected chi connectivity index (χ0v) is 19.0. The fraction of sp³-hybridized carbons (Fsp3) is 0.400. The van der Waals surface area contributed by atoms with Gasteiger partial charge < -0.3 is 14.7 Å². The van der Waals surface area contributed by atoms with Gasteiger partial charge in [0.1, 0.15) is 0 Å². The third kappa shape index (κ3) is 4.71. The van der Waals surface area contributed by atoms with E-state index in [0.29, 0.717) is 12.1 Å². The first-order valence-corrected chi connectivity index (χ1v) is 11.6. The highest BCUT2D eigenvalue weighted by Gasteiger charge is 2.29. The number of piperidine rings is 1. The molecule has 5 heterocycles. The van der Waals surface area contributed by atoms with E-state index < -0.39 is 0 Å². The van der Waals surface area contributed by atoms with Crippen molar-refractivity contribution >= 4 is 11.9 Å². The standard InChI is InChI=1S/C25H29N7O/c1-30-11-13-31(14-12-30)25-28-17-22(19-5-2-8-26-15-19)23(29-25)21-7-4-10-32(18-21)24(33)20-6-3-9-27-16-20/h2-3,5-6,8-9,15-17,21H,4,7,10-14,18H2,1H3. The Kier molecular flexibility index (Phi) is 6.26. The lowest BCUT2D eigenvalue weighted by Crippen LogP contribution is -2.45. The van der Waals surface area contributed by atoms with E-state index in [1.165, 1.54) is 0 Å². The van der Waals surface area contributed by atoms with Crippen molar-refractivity contribution < 1.29 is 4.79 Å². The Hall–Kier alpha value is -3.39. The van der Waals surface area contributed by atoms with Crippen LogP contribution in [0.2, 0.25) is 0 Å². The second kappa shape index (κ2) is 9.62. The van der Waals surface area contributed by atoms with Crippen molar-refractivity contribution in [1.29, 1.82) is 0 Å². The molecule has 3 aromatic heterocycles. The van der Waals surface area contributed by atoms with Crippen LogP contribution in [0, 0.1) is 0 Å². The Morgan fingerprint density at radius 2 is 1.76 bits per heavy atom. The van der Waals surface area contributed by atoms with Gasteiger partial charge in [0.25, 0.3) is 5.91 Å². The molecule has 1 amide bonds. The summed E-state index contributed by atoms with van der Waals surface area (Å²) >= 11 is 0. The molecule has 0 N–H and O–H groups in total. The summed E-state index contributed by atoms with van der Waals surface area (Å²) < 4.78 is 0. The number of pyridine rings is 2. The molecule has 3 aromatic rings. The molecule has 0 aliphatic carbocycles. The number of aromatic nitrogens is 4. The van der Waals surface area contributed by atoms with E-state index in [0.717, 1.165) is 68.3 Å². The highest BCUT2D eigenvalue weighted by atomic mass is 16.2. The Balaban J connectivity index is 1.46. The van der Waals surface area contributed by atoms with E-state index in [9.17, 15) is 4.79 Å². The van der Waals surface area contributed by atoms with Crippen molar-refractivity contribution in [3.05, 3.63) is 66.5 Å². The van der Waals surface area contributed by atoms with Crippen LogP contribution < -0.4 is 4.90 Å². The first-order chi connectivity index (χ1) is 16.2. The molecule has 2 fully saturated rings. The topological polar surface area (TPSA) is 78.4 Å². The molecule has 0 bridgehead atoms. The fourth-order valence-electron chi connectivity index (χ4n) is 4.66. The summed E-state index contributed by atoms with van der Waals surface area (Å²) in [7, 11) is 2.14. The molecular formula is C25H29N7O. The normalized spacial score (nSPS) is 19.5. The zero-order chi connectivity index (χ0) is 22.6. The molecule has 2 aliphatic heterocycles. The Bertz CT molecular complexity index is 1080. The SMILES string of the molecule is CN1CCN(c2ncc(-c3cccnc3)c(C3CCCN(C(=O)c4cccnc4)C3)n2)CC1. The molecular weight excluding hydrogens is 414 g/mol. The molecule has 8 nitrogen and oxygen atoms in total. The molecule has 8 heteroatoms. The number of hydrogen-bond donors (Lipinski definition) is 0. The largest absolute Gasteiger partial charge is 0.338 e. The number of hydrogen-bond acceptors (Lipinski definition) is 7. The Labute approximate surface area is 194 Å². The van der Waals surface area contributed by atoms with Crippen molar-refractivity contribution in [2.45, 2.75) is 18.8 Å². The minimum atomic E-state index is 0.0316. The lowest BCUT2D eigenvalue weighted by atomic mass is 9.90. The molecule has 33 heavy (non-hydrogen) atoms. The summed E-state index contributed by atoms with van der Waals surface area (Å²) in [6.07, 6.45) is 10.8. The monoisotopic (exact) mass is 443 g/mol. The molecule has 1 unspecified atom stereocenters. The third-order valence-corrected chi connectivity index (χ3v) is 6.57. The van der Waals surface area contributed by atoms with Gasteiger partial charge in [-0.05, 0) is 38.1 Å². The number of carbonyl (C=O) groups is 1. The highest BCUT2D eigenvalue weighted by molar-refractivity contribution is 5.94. The van der Waals surface area contributed by atoms with E-state index in [2.05, 4.69) is 26.8 Å². The molecule has 5 rings (SSSR count). The predicted molar refractivity (Wildman–Crippen MR) is 127 cm³/mol. The zero-order valence-electron chi connectivity index (χ0n) is 19.0. The smallest absolute Gasteiger partial charge is 0.255 e. The van der Waals surface area contributed by atoms with Crippen LogP contribution >= 0.6 is 0 Å². The van der Waals surface area contributed by atoms with Gasteiger partial charge in [0.05, 0.1) is 11.3 Å². The third-order valence-electron chi connectivity index (χ3n) is 6.57. The number of anilines is 1. The van der Waals surface area contributed by atoms with Crippen LogP contribution in [0.25, 0.3) is 11.1 Å². The average molecular weight is 444 g/mol. The average Bonchev–Trinajstić information content (AvgIpc) is 2.89. The van der Waals surface area contributed by atoms with Gasteiger partial charge in [-0.15, -0.1) is 0 Å². The molecule has 1 atom stereocenters. The van der Waals surface area contributed by atoms with Crippen LogP contribution in [0.3, 0.4) is 0 Å². The minimum Gasteiger partial charge on any atom is -0.338 e. The van der Waals surface area contributed by atoms with Gasteiger partial charge in [-0.2, -0.15) is 0 Å². The van der Waals surface area contributed by atoms with Gasteiger partial charge in [-0.3, -0.25) is 14.8 Å². The van der Waals surface area contributed by atoms with Crippen LogP contribution in [0.15, 0.2) is 55.2 Å². The number of rotatable bonds is 4. The summed E-state index contributed by atoms with van der Waals surface area (Å²) in [6, 6.07) is 7.62. The van der Waals surface area contributed by atoms with Crippen molar-refractivity contribution in [2.24, 2.45) is 0 Å². The number of piperazine rings is 1. The van der Waals surface area contributed by atoms with Crippen LogP contribution in [-0.2, 0) is 0 Å². The maximum atomic E-state index is 13.1. The molecule has 0 spiro atoms. The van der Waals surface area contributed by atoms with E-state index in [1.807, 2.05) is 41.6 Å². The second-order valence-corrected chi connectivity index (χ2v) is 8.83. The summed E-state index contributed by atoms with van der Waals surface area (Å²) in [4.78, 5) is 37.9. The Morgan fingerprint density at radius 1 is 0.970 bits per heavy atom. The number of likely N-dealkylation sites (N-methyl/N-ethyl adjacent to an activating group) is 1. The van der Waals surface area contributed by atoms with E-state index in [-0.39, 0.29) is 11.8 Å². The highest BCUT2D eigenvalue weighted by Crippen LogP contribution is 2.34. The van der Waals surface area contributed by atoms with Crippen molar-refractivity contribution in [2.75, 3.05) is 51.2 Å². The van der Waals surface area contributed by atoms with Gasteiger partial charge >= 0.3 is 0 Å². The number of amides is 1. The summed E-state index contributed by atoms with van der Waals surface area (Å²) in [5.41, 5.74) is 3.65. The minimum absolute atomic E-state index is 0.0316. The molecule has 0 saturated carbocycles. The quantitative estimate of drug-likeness (QED) is 0.613. The van der Waals surface area contributed by atoms with Crippen molar-refractivity contribution in [3.63, 3.8) is 0 Å². The summed E-state index contributed by atoms with van der Waals surface area (Å²) in [6.45, 7) is 5.22. The second-order valence-electron chi connectivity index (χ2n) is 8.83. The van der Waals surface area contributed by atoms with Gasteiger partial charge in [0.15, 0.2) is 0 Å². The van der Waals surface area contributed by atoms with Crippen LogP contribution in [0.5, 0.6) is 0 Å². The summed E-state index contributed by atoms with van der Waals surface area (Å²) in [5, 5.41) is 0. The van der Waals surface area contributed by atoms with Crippen LogP contribution in [-0.4, -0.2) is 82.0 Å². The lowest BCUT2D eigenvalue weighted by Gasteiger charge is -2.35. The van der Waals surface area contributed by atoms with Gasteiger partial charge in [-0.1, -0.05) is 6.07 Å². The first-order valence-electron chi connectivity index (χ1n) is 11.6. The molecule has 0 aromatic carbocycles. The predicted octanol–water partition coefficient (Wildman–Crippen LogP) is 2.71. The van der Waals surface area contributed by atoms with Gasteiger partial charge in [0, 0.05) is 87.3 Å². The molecule has 170 valence electrons. The van der Waals surface area contributed by atoms with E-state index in [4.69, 9.17) is 9.97 Å². The maximum absolute atomic E-state index is 13.1. The van der Waals surface area contributed by atoms with Crippen LogP contribution in [0.4, 0.5) is 5.95 Å². The molecule has 2 saturated heterocycles. The van der Waals surface area contributed by atoms with Crippen LogP contribution in [0.1, 0.15) is 34.8 Å². The fourth-order valence-corrected chi connectivity index (χ4v) is 4.66.